The molecular formula is C27H36N6O7. The number of amides is 4. The van der Waals surface area contributed by atoms with Crippen LogP contribution in [0, 0.1) is 11.8 Å². The van der Waals surface area contributed by atoms with Gasteiger partial charge in [-0.3, -0.25) is 19.2 Å². The van der Waals surface area contributed by atoms with Crippen molar-refractivity contribution in [2.45, 2.75) is 71.7 Å². The van der Waals surface area contributed by atoms with Gasteiger partial charge in [0.2, 0.25) is 29.4 Å². The molecular weight excluding hydrogens is 520 g/mol. The minimum absolute atomic E-state index is 0.0149. The van der Waals surface area contributed by atoms with Gasteiger partial charge in [0.15, 0.2) is 0 Å². The zero-order valence-electron chi connectivity index (χ0n) is 23.1. The van der Waals surface area contributed by atoms with Crippen LogP contribution >= 0.6 is 0 Å². The van der Waals surface area contributed by atoms with Crippen LogP contribution < -0.4 is 21.3 Å². The highest BCUT2D eigenvalue weighted by atomic mass is 16.5. The van der Waals surface area contributed by atoms with Crippen molar-refractivity contribution in [2.24, 2.45) is 11.8 Å². The first-order valence-corrected chi connectivity index (χ1v) is 13.2. The zero-order chi connectivity index (χ0) is 29.2. The highest BCUT2D eigenvalue weighted by Crippen LogP contribution is 2.11. The van der Waals surface area contributed by atoms with E-state index in [2.05, 4.69) is 31.5 Å². The Balaban J connectivity index is 1.68. The maximum absolute atomic E-state index is 13.3. The zero-order valence-corrected chi connectivity index (χ0v) is 23.1. The Labute approximate surface area is 232 Å². The molecule has 3 rings (SSSR count). The maximum Gasteiger partial charge on any atom is 0.408 e. The molecule has 3 atom stereocenters. The molecule has 0 radical (unpaired) electrons. The van der Waals surface area contributed by atoms with Gasteiger partial charge in [-0.05, 0) is 23.8 Å². The molecule has 4 N–H and O–H groups in total. The quantitative estimate of drug-likeness (QED) is 0.308. The maximum atomic E-state index is 13.3. The van der Waals surface area contributed by atoms with Crippen LogP contribution in [0.2, 0.25) is 0 Å². The first kappa shape index (κ1) is 30.3. The molecule has 13 heteroatoms. The fourth-order valence-corrected chi connectivity index (χ4v) is 4.05. The van der Waals surface area contributed by atoms with Gasteiger partial charge in [0, 0.05) is 13.0 Å². The summed E-state index contributed by atoms with van der Waals surface area (Å²) < 4.78 is 10.7. The van der Waals surface area contributed by atoms with E-state index in [9.17, 15) is 24.0 Å². The van der Waals surface area contributed by atoms with Crippen molar-refractivity contribution < 1.29 is 33.1 Å². The van der Waals surface area contributed by atoms with Crippen molar-refractivity contribution in [2.75, 3.05) is 6.54 Å². The van der Waals surface area contributed by atoms with Gasteiger partial charge in [0.05, 0.1) is 6.42 Å². The van der Waals surface area contributed by atoms with Crippen LogP contribution in [0.3, 0.4) is 0 Å². The average molecular weight is 557 g/mol. The lowest BCUT2D eigenvalue weighted by Crippen LogP contribution is -2.58. The molecule has 1 aliphatic rings. The third kappa shape index (κ3) is 8.89. The second-order valence-electron chi connectivity index (χ2n) is 10.3. The van der Waals surface area contributed by atoms with Crippen molar-refractivity contribution in [3.05, 3.63) is 47.7 Å². The van der Waals surface area contributed by atoms with Gasteiger partial charge in [0.25, 0.3) is 5.91 Å². The van der Waals surface area contributed by atoms with Gasteiger partial charge in [-0.25, -0.2) is 4.79 Å². The van der Waals surface area contributed by atoms with Crippen molar-refractivity contribution in [3.8, 4) is 0 Å². The van der Waals surface area contributed by atoms with Crippen LogP contribution in [-0.2, 0) is 43.4 Å². The molecule has 0 aliphatic carbocycles. The number of ether oxygens (including phenoxy) is 1. The molecule has 1 aromatic carbocycles. The minimum Gasteiger partial charge on any atom is -0.445 e. The molecule has 0 fully saturated rings. The Morgan fingerprint density at radius 3 is 2.40 bits per heavy atom. The molecule has 13 nitrogen and oxygen atoms in total. The number of alkyl carbamates (subject to hydrolysis) is 1. The second kappa shape index (κ2) is 14.2. The molecule has 2 heterocycles. The van der Waals surface area contributed by atoms with Gasteiger partial charge in [0.1, 0.15) is 24.7 Å². The Bertz CT molecular complexity index is 1200. The summed E-state index contributed by atoms with van der Waals surface area (Å²) in [4.78, 5) is 64.2. The number of fused-ring (bicyclic) bond motifs is 2. The number of carbonyl (C=O) groups is 5. The van der Waals surface area contributed by atoms with Gasteiger partial charge in [-0.2, -0.15) is 0 Å². The van der Waals surface area contributed by atoms with Crippen LogP contribution in [0.1, 0.15) is 51.5 Å². The highest BCUT2D eigenvalue weighted by molar-refractivity contribution is 6.38. The Hall–Kier alpha value is -4.29. The molecule has 2 bridgehead atoms. The monoisotopic (exact) mass is 556 g/mol. The summed E-state index contributed by atoms with van der Waals surface area (Å²) >= 11 is 0. The second-order valence-corrected chi connectivity index (χ2v) is 10.3. The number of ketones is 1. The molecule has 216 valence electrons. The summed E-state index contributed by atoms with van der Waals surface area (Å²) in [5, 5.41) is 18.1. The third-order valence-corrected chi connectivity index (χ3v) is 6.14. The standard InChI is InChI=1S/C27H36N6O7/c1-15(2)12-19(24(35)29-18-13-21-33-32-20(40-21)10-11-28-26(37)23(18)34)30-25(36)22(16(3)4)31-27(38)39-14-17-8-6-5-7-9-17/h5-9,15-16,18-19,22H,10-14H2,1-4H3,(H,28,37)(H,29,35)(H,30,36)(H,31,38). The summed E-state index contributed by atoms with van der Waals surface area (Å²) in [5.74, 6) is -2.92. The van der Waals surface area contributed by atoms with Crippen molar-refractivity contribution in [1.82, 2.24) is 31.5 Å². The van der Waals surface area contributed by atoms with E-state index >= 15 is 0 Å². The number of hydrogen-bond donors (Lipinski definition) is 4. The van der Waals surface area contributed by atoms with E-state index in [0.29, 0.717) is 5.89 Å². The van der Waals surface area contributed by atoms with E-state index in [1.54, 1.807) is 26.0 Å². The van der Waals surface area contributed by atoms with Crippen LogP contribution in [0.5, 0.6) is 0 Å². The van der Waals surface area contributed by atoms with E-state index in [4.69, 9.17) is 9.15 Å². The third-order valence-electron chi connectivity index (χ3n) is 6.14. The fourth-order valence-electron chi connectivity index (χ4n) is 4.05. The van der Waals surface area contributed by atoms with Crippen molar-refractivity contribution in [3.63, 3.8) is 0 Å². The molecule has 3 unspecified atom stereocenters. The van der Waals surface area contributed by atoms with Crippen molar-refractivity contribution >= 4 is 29.6 Å². The number of aromatic nitrogens is 2. The number of nitrogens with one attached hydrogen (secondary N) is 4. The molecule has 4 amide bonds. The number of nitrogens with zero attached hydrogens (tertiary/aromatic N) is 2. The Morgan fingerprint density at radius 2 is 1.73 bits per heavy atom. The normalized spacial score (nSPS) is 17.0. The summed E-state index contributed by atoms with van der Waals surface area (Å²) in [5.41, 5.74) is 0.789. The summed E-state index contributed by atoms with van der Waals surface area (Å²) in [6.45, 7) is 7.38. The average Bonchev–Trinajstić information content (AvgIpc) is 3.35. The predicted molar refractivity (Wildman–Crippen MR) is 141 cm³/mol. The van der Waals surface area contributed by atoms with E-state index in [0.717, 1.165) is 5.56 Å². The number of hydrogen-bond acceptors (Lipinski definition) is 9. The lowest BCUT2D eigenvalue weighted by molar-refractivity contribution is -0.140. The van der Waals surface area contributed by atoms with Gasteiger partial charge < -0.3 is 30.4 Å². The molecule has 1 aliphatic heterocycles. The number of benzene rings is 1. The predicted octanol–water partition coefficient (Wildman–Crippen LogP) is 0.820. The van der Waals surface area contributed by atoms with Gasteiger partial charge in [-0.1, -0.05) is 58.0 Å². The molecule has 40 heavy (non-hydrogen) atoms. The smallest absolute Gasteiger partial charge is 0.408 e. The van der Waals surface area contributed by atoms with Crippen molar-refractivity contribution in [1.29, 1.82) is 0 Å². The van der Waals surface area contributed by atoms with Crippen LogP contribution in [-0.4, -0.2) is 64.5 Å². The Kier molecular flexibility index (Phi) is 10.7. The highest BCUT2D eigenvalue weighted by Gasteiger charge is 2.34. The fraction of sp³-hybridized carbons (Fsp3) is 0.519. The largest absolute Gasteiger partial charge is 0.445 e. The van der Waals surface area contributed by atoms with Gasteiger partial charge in [-0.15, -0.1) is 10.2 Å². The number of rotatable bonds is 10. The summed E-state index contributed by atoms with van der Waals surface area (Å²) in [7, 11) is 0. The van der Waals surface area contributed by atoms with Crippen LogP contribution in [0.25, 0.3) is 0 Å². The topological polar surface area (TPSA) is 182 Å². The summed E-state index contributed by atoms with van der Waals surface area (Å²) in [6.07, 6.45) is -0.453. The Morgan fingerprint density at radius 1 is 1.02 bits per heavy atom. The molecule has 0 saturated heterocycles. The van der Waals surface area contributed by atoms with Crippen LogP contribution in [0.4, 0.5) is 4.79 Å². The first-order chi connectivity index (χ1) is 19.0. The van der Waals surface area contributed by atoms with Crippen LogP contribution in [0.15, 0.2) is 34.7 Å². The molecule has 1 aromatic heterocycles. The minimum atomic E-state index is -1.28. The lowest BCUT2D eigenvalue weighted by Gasteiger charge is -2.27. The van der Waals surface area contributed by atoms with E-state index in [1.807, 2.05) is 32.0 Å². The van der Waals surface area contributed by atoms with Gasteiger partial charge >= 0.3 is 6.09 Å². The molecule has 2 aromatic rings. The molecule has 0 saturated carbocycles. The first-order valence-electron chi connectivity index (χ1n) is 13.2. The SMILES string of the molecule is CC(C)CC(NC(=O)C(NC(=O)OCc1ccccc1)C(C)C)C(=O)NC1Cc2nnc(o2)CCNC(=O)C1=O. The number of Topliss-reactive ketones (excluding diaryl/α,β-unsaturated/α-hetero) is 1. The van der Waals surface area contributed by atoms with E-state index < -0.39 is 47.7 Å². The number of carbonyl (C=O) groups excluding carboxylic acids is 5. The van der Waals surface area contributed by atoms with E-state index in [-0.39, 0.29) is 50.1 Å². The lowest BCUT2D eigenvalue weighted by atomic mass is 9.99. The molecule has 0 spiro atoms. The summed E-state index contributed by atoms with van der Waals surface area (Å²) in [6, 6.07) is 5.76. The van der Waals surface area contributed by atoms with E-state index in [1.165, 1.54) is 0 Å².